The van der Waals surface area contributed by atoms with Crippen LogP contribution in [0.2, 0.25) is 0 Å². The maximum Gasteiger partial charge on any atom is 0.239 e. The molecule has 0 unspecified atom stereocenters. The molecule has 0 atom stereocenters. The van der Waals surface area contributed by atoms with Gasteiger partial charge in [-0.2, -0.15) is 4.98 Å². The Kier molecular flexibility index (Phi) is 3.66. The van der Waals surface area contributed by atoms with Gasteiger partial charge in [0, 0.05) is 19.0 Å². The monoisotopic (exact) mass is 279 g/mol. The van der Waals surface area contributed by atoms with Crippen LogP contribution in [0, 0.1) is 0 Å². The maximum atomic E-state index is 5.47. The lowest BCUT2D eigenvalue weighted by molar-refractivity contribution is 0.900. The highest BCUT2D eigenvalue weighted by atomic mass is 15.3. The van der Waals surface area contributed by atoms with Gasteiger partial charge < -0.3 is 4.90 Å². The van der Waals surface area contributed by atoms with Crippen molar-refractivity contribution in [1.82, 2.24) is 9.97 Å². The van der Waals surface area contributed by atoms with Crippen LogP contribution in [0.3, 0.4) is 0 Å². The van der Waals surface area contributed by atoms with Gasteiger partial charge in [0.1, 0.15) is 5.82 Å². The third-order valence-electron chi connectivity index (χ3n) is 3.34. The van der Waals surface area contributed by atoms with Crippen LogP contribution in [0.25, 0.3) is 10.9 Å². The second kappa shape index (κ2) is 5.76. The average Bonchev–Trinajstić information content (AvgIpc) is 2.54. The Bertz CT molecular complexity index is 742. The summed E-state index contributed by atoms with van der Waals surface area (Å²) in [4.78, 5) is 11.0. The lowest BCUT2D eigenvalue weighted by atomic mass is 10.2. The largest absolute Gasteiger partial charge is 0.355 e. The van der Waals surface area contributed by atoms with Crippen LogP contribution in [-0.4, -0.2) is 17.0 Å². The van der Waals surface area contributed by atoms with Crippen molar-refractivity contribution in [3.63, 3.8) is 0 Å². The van der Waals surface area contributed by atoms with Gasteiger partial charge in [0.05, 0.1) is 5.52 Å². The summed E-state index contributed by atoms with van der Waals surface area (Å²) in [5.41, 5.74) is 4.63. The summed E-state index contributed by atoms with van der Waals surface area (Å²) >= 11 is 0. The lowest BCUT2D eigenvalue weighted by Crippen LogP contribution is -2.20. The number of para-hydroxylation sites is 1. The number of nitrogens with zero attached hydrogens (tertiary/aromatic N) is 3. The van der Waals surface area contributed by atoms with E-state index in [2.05, 4.69) is 32.4 Å². The average molecular weight is 279 g/mol. The summed E-state index contributed by atoms with van der Waals surface area (Å²) < 4.78 is 0. The number of hydrogen-bond acceptors (Lipinski definition) is 5. The number of rotatable bonds is 4. The highest BCUT2D eigenvalue weighted by Crippen LogP contribution is 2.25. The molecule has 2 aromatic carbocycles. The van der Waals surface area contributed by atoms with Crippen molar-refractivity contribution in [2.24, 2.45) is 5.84 Å². The minimum atomic E-state index is 0.420. The third kappa shape index (κ3) is 2.78. The van der Waals surface area contributed by atoms with Gasteiger partial charge in [-0.05, 0) is 17.7 Å². The van der Waals surface area contributed by atoms with Crippen molar-refractivity contribution in [3.8, 4) is 0 Å². The number of anilines is 2. The molecule has 0 saturated heterocycles. The molecule has 0 spiro atoms. The van der Waals surface area contributed by atoms with Gasteiger partial charge in [-0.15, -0.1) is 0 Å². The van der Waals surface area contributed by atoms with Crippen LogP contribution in [0.1, 0.15) is 5.56 Å². The summed E-state index contributed by atoms with van der Waals surface area (Å²) in [5.74, 6) is 6.75. The summed E-state index contributed by atoms with van der Waals surface area (Å²) in [6, 6.07) is 18.2. The smallest absolute Gasteiger partial charge is 0.239 e. The number of hydrazine groups is 1. The second-order valence-electron chi connectivity index (χ2n) is 4.87. The highest BCUT2D eigenvalue weighted by molar-refractivity contribution is 5.90. The SMILES string of the molecule is CN(Cc1ccccc1)c1nc(NN)nc2ccccc12. The van der Waals surface area contributed by atoms with E-state index in [0.29, 0.717) is 5.95 Å². The van der Waals surface area contributed by atoms with Crippen molar-refractivity contribution >= 4 is 22.7 Å². The molecule has 3 N–H and O–H groups in total. The number of nitrogens with two attached hydrogens (primary N) is 1. The molecule has 106 valence electrons. The Balaban J connectivity index is 2.02. The molecule has 21 heavy (non-hydrogen) atoms. The van der Waals surface area contributed by atoms with Gasteiger partial charge in [-0.25, -0.2) is 10.8 Å². The van der Waals surface area contributed by atoms with E-state index < -0.39 is 0 Å². The van der Waals surface area contributed by atoms with Crippen molar-refractivity contribution in [3.05, 3.63) is 60.2 Å². The number of fused-ring (bicyclic) bond motifs is 1. The van der Waals surface area contributed by atoms with E-state index in [0.717, 1.165) is 23.3 Å². The summed E-state index contributed by atoms with van der Waals surface area (Å²) in [6.07, 6.45) is 0. The highest BCUT2D eigenvalue weighted by Gasteiger charge is 2.11. The molecule has 0 radical (unpaired) electrons. The Morgan fingerprint density at radius 3 is 2.48 bits per heavy atom. The van der Waals surface area contributed by atoms with E-state index >= 15 is 0 Å². The molecule has 0 fully saturated rings. The molecule has 0 saturated carbocycles. The maximum absolute atomic E-state index is 5.47. The molecule has 0 aliphatic heterocycles. The predicted octanol–water partition coefficient (Wildman–Crippen LogP) is 2.55. The molecule has 0 amide bonds. The normalized spacial score (nSPS) is 10.6. The summed E-state index contributed by atoms with van der Waals surface area (Å²) in [5, 5.41) is 1.01. The van der Waals surface area contributed by atoms with Gasteiger partial charge in [0.25, 0.3) is 0 Å². The first-order valence-electron chi connectivity index (χ1n) is 6.76. The van der Waals surface area contributed by atoms with Gasteiger partial charge in [0.2, 0.25) is 5.95 Å². The summed E-state index contributed by atoms with van der Waals surface area (Å²) in [6.45, 7) is 0.770. The molecule has 1 aromatic heterocycles. The van der Waals surface area contributed by atoms with Gasteiger partial charge >= 0.3 is 0 Å². The number of benzene rings is 2. The van der Waals surface area contributed by atoms with Crippen LogP contribution >= 0.6 is 0 Å². The van der Waals surface area contributed by atoms with Gasteiger partial charge in [-0.1, -0.05) is 42.5 Å². The van der Waals surface area contributed by atoms with Crippen molar-refractivity contribution in [1.29, 1.82) is 0 Å². The standard InChI is InChI=1S/C16H17N5/c1-21(11-12-7-3-2-4-8-12)15-13-9-5-6-10-14(13)18-16(19-15)20-17/h2-10H,11,17H2,1H3,(H,18,19,20). The van der Waals surface area contributed by atoms with Crippen LogP contribution in [-0.2, 0) is 6.54 Å². The predicted molar refractivity (Wildman–Crippen MR) is 85.9 cm³/mol. The first-order chi connectivity index (χ1) is 10.3. The number of nitrogens with one attached hydrogen (secondary N) is 1. The fourth-order valence-corrected chi connectivity index (χ4v) is 2.35. The van der Waals surface area contributed by atoms with Gasteiger partial charge in [-0.3, -0.25) is 5.43 Å². The van der Waals surface area contributed by atoms with E-state index in [1.54, 1.807) is 0 Å². The number of hydrogen-bond donors (Lipinski definition) is 2. The van der Waals surface area contributed by atoms with E-state index in [1.165, 1.54) is 5.56 Å². The molecular weight excluding hydrogens is 262 g/mol. The van der Waals surface area contributed by atoms with Crippen LogP contribution in [0.4, 0.5) is 11.8 Å². The first-order valence-corrected chi connectivity index (χ1v) is 6.76. The minimum absolute atomic E-state index is 0.420. The topological polar surface area (TPSA) is 67.1 Å². The minimum Gasteiger partial charge on any atom is -0.355 e. The van der Waals surface area contributed by atoms with Crippen molar-refractivity contribution < 1.29 is 0 Å². The lowest BCUT2D eigenvalue weighted by Gasteiger charge is -2.20. The molecule has 5 nitrogen and oxygen atoms in total. The quantitative estimate of drug-likeness (QED) is 0.567. The molecule has 3 aromatic rings. The molecular formula is C16H17N5. The van der Waals surface area contributed by atoms with E-state index in [-0.39, 0.29) is 0 Å². The number of nitrogen functional groups attached to an aromatic ring is 1. The van der Waals surface area contributed by atoms with E-state index in [1.807, 2.05) is 49.5 Å². The van der Waals surface area contributed by atoms with Crippen LogP contribution in [0.15, 0.2) is 54.6 Å². The Morgan fingerprint density at radius 2 is 1.71 bits per heavy atom. The van der Waals surface area contributed by atoms with Gasteiger partial charge in [0.15, 0.2) is 0 Å². The molecule has 0 aliphatic carbocycles. The van der Waals surface area contributed by atoms with Crippen LogP contribution < -0.4 is 16.2 Å². The Hall–Kier alpha value is -2.66. The fourth-order valence-electron chi connectivity index (χ4n) is 2.35. The van der Waals surface area contributed by atoms with Crippen molar-refractivity contribution in [2.75, 3.05) is 17.4 Å². The summed E-state index contributed by atoms with van der Waals surface area (Å²) in [7, 11) is 2.02. The second-order valence-corrected chi connectivity index (χ2v) is 4.87. The molecule has 0 bridgehead atoms. The number of aromatic nitrogens is 2. The zero-order valence-electron chi connectivity index (χ0n) is 11.8. The zero-order chi connectivity index (χ0) is 14.7. The molecule has 0 aliphatic rings. The Labute approximate surface area is 123 Å². The first kappa shape index (κ1) is 13.3. The van der Waals surface area contributed by atoms with E-state index in [4.69, 9.17) is 5.84 Å². The van der Waals surface area contributed by atoms with E-state index in [9.17, 15) is 0 Å². The Morgan fingerprint density at radius 1 is 1.00 bits per heavy atom. The molecule has 3 rings (SSSR count). The third-order valence-corrected chi connectivity index (χ3v) is 3.34. The zero-order valence-corrected chi connectivity index (χ0v) is 11.8. The van der Waals surface area contributed by atoms with Crippen molar-refractivity contribution in [2.45, 2.75) is 6.54 Å². The molecule has 5 heteroatoms. The fraction of sp³-hybridized carbons (Fsp3) is 0.125. The molecule has 1 heterocycles. The van der Waals surface area contributed by atoms with Crippen LogP contribution in [0.5, 0.6) is 0 Å².